The molecule has 1 saturated heterocycles. The van der Waals surface area contributed by atoms with E-state index in [0.29, 0.717) is 0 Å². The molecule has 106 valence electrons. The predicted molar refractivity (Wildman–Crippen MR) is 81.5 cm³/mol. The van der Waals surface area contributed by atoms with Crippen LogP contribution in [0.5, 0.6) is 0 Å². The number of hydrogen-bond donors (Lipinski definition) is 0. The molecular weight excluding hydrogens is 270 g/mol. The second-order valence-electron chi connectivity index (χ2n) is 5.40. The summed E-state index contributed by atoms with van der Waals surface area (Å²) in [7, 11) is 0. The van der Waals surface area contributed by atoms with Crippen molar-refractivity contribution in [3.63, 3.8) is 0 Å². The van der Waals surface area contributed by atoms with E-state index in [-0.39, 0.29) is 0 Å². The molecule has 4 heterocycles. The summed E-state index contributed by atoms with van der Waals surface area (Å²) in [5, 5.41) is 5.45. The Morgan fingerprint density at radius 1 is 1.20 bits per heavy atom. The molecule has 0 N–H and O–H groups in total. The largest absolute Gasteiger partial charge is 0.309 e. The molecule has 20 heavy (non-hydrogen) atoms. The summed E-state index contributed by atoms with van der Waals surface area (Å²) < 4.78 is 2.26. The number of rotatable bonds is 4. The molecule has 0 aromatic carbocycles. The lowest BCUT2D eigenvalue weighted by molar-refractivity contribution is 0.0837. The van der Waals surface area contributed by atoms with Crippen LogP contribution in [0.4, 0.5) is 5.69 Å². The van der Waals surface area contributed by atoms with Crippen molar-refractivity contribution >= 4 is 17.0 Å². The van der Waals surface area contributed by atoms with Gasteiger partial charge in [-0.25, -0.2) is 5.06 Å². The van der Waals surface area contributed by atoms with E-state index in [9.17, 15) is 0 Å². The van der Waals surface area contributed by atoms with Gasteiger partial charge in [-0.3, -0.25) is 4.84 Å². The monoisotopic (exact) mass is 289 g/mol. The van der Waals surface area contributed by atoms with E-state index >= 15 is 0 Å². The van der Waals surface area contributed by atoms with Gasteiger partial charge in [0.15, 0.2) is 0 Å². The van der Waals surface area contributed by atoms with Crippen molar-refractivity contribution in [3.05, 3.63) is 35.5 Å². The van der Waals surface area contributed by atoms with Crippen molar-refractivity contribution in [2.24, 2.45) is 0 Å². The Hall–Kier alpha value is -1.30. The predicted octanol–water partition coefficient (Wildman–Crippen LogP) is 2.89. The molecule has 2 aliphatic heterocycles. The van der Waals surface area contributed by atoms with E-state index in [0.717, 1.165) is 19.7 Å². The lowest BCUT2D eigenvalue weighted by Gasteiger charge is -2.29. The number of hydroxylamine groups is 1. The van der Waals surface area contributed by atoms with Gasteiger partial charge in [-0.15, -0.1) is 11.3 Å². The highest BCUT2D eigenvalue weighted by Crippen LogP contribution is 2.36. The summed E-state index contributed by atoms with van der Waals surface area (Å²) in [6, 6.07) is 6.42. The van der Waals surface area contributed by atoms with Crippen LogP contribution in [-0.4, -0.2) is 35.7 Å². The highest BCUT2D eigenvalue weighted by molar-refractivity contribution is 7.13. The maximum atomic E-state index is 6.04. The number of likely N-dealkylation sites (tertiary alicyclic amines) is 1. The molecule has 5 heteroatoms. The van der Waals surface area contributed by atoms with Crippen LogP contribution in [0.25, 0.3) is 5.00 Å². The second-order valence-corrected chi connectivity index (χ2v) is 6.29. The van der Waals surface area contributed by atoms with Gasteiger partial charge in [-0.2, -0.15) is 0 Å². The Kier molecular flexibility index (Phi) is 3.26. The number of anilines is 1. The van der Waals surface area contributed by atoms with Gasteiger partial charge in [0.05, 0.1) is 18.8 Å². The first-order chi connectivity index (χ1) is 9.92. The maximum absolute atomic E-state index is 6.04. The van der Waals surface area contributed by atoms with Crippen molar-refractivity contribution in [1.82, 2.24) is 9.47 Å². The van der Waals surface area contributed by atoms with Crippen molar-refractivity contribution in [3.8, 4) is 5.00 Å². The van der Waals surface area contributed by atoms with E-state index in [2.05, 4.69) is 44.3 Å². The van der Waals surface area contributed by atoms with Crippen LogP contribution < -0.4 is 5.06 Å². The number of fused-ring (bicyclic) bond motifs is 3. The van der Waals surface area contributed by atoms with Crippen molar-refractivity contribution in [1.29, 1.82) is 0 Å². The molecule has 4 rings (SSSR count). The fourth-order valence-electron chi connectivity index (χ4n) is 3.04. The zero-order chi connectivity index (χ0) is 13.4. The Morgan fingerprint density at radius 3 is 3.00 bits per heavy atom. The highest BCUT2D eigenvalue weighted by atomic mass is 32.1. The topological polar surface area (TPSA) is 20.6 Å². The molecule has 1 fully saturated rings. The molecule has 0 atom stereocenters. The average Bonchev–Trinajstić information content (AvgIpc) is 3.19. The van der Waals surface area contributed by atoms with Gasteiger partial charge in [0.25, 0.3) is 0 Å². The highest BCUT2D eigenvalue weighted by Gasteiger charge is 2.23. The molecule has 2 aliphatic rings. The fraction of sp³-hybridized carbons (Fsp3) is 0.467. The van der Waals surface area contributed by atoms with Gasteiger partial charge in [0.2, 0.25) is 0 Å². The lowest BCUT2D eigenvalue weighted by Crippen LogP contribution is -2.32. The fourth-order valence-corrected chi connectivity index (χ4v) is 3.95. The summed E-state index contributed by atoms with van der Waals surface area (Å²) in [5.74, 6) is 0. The van der Waals surface area contributed by atoms with Crippen LogP contribution in [0.3, 0.4) is 0 Å². The summed E-state index contributed by atoms with van der Waals surface area (Å²) in [5.41, 5.74) is 2.49. The van der Waals surface area contributed by atoms with E-state index in [1.165, 1.54) is 42.3 Å². The Labute approximate surface area is 123 Å². The smallest absolute Gasteiger partial charge is 0.126 e. The molecule has 2 aromatic rings. The van der Waals surface area contributed by atoms with E-state index in [1.807, 2.05) is 0 Å². The molecule has 0 aliphatic carbocycles. The van der Waals surface area contributed by atoms with Crippen molar-refractivity contribution in [2.45, 2.75) is 19.4 Å². The zero-order valence-electron chi connectivity index (χ0n) is 11.5. The summed E-state index contributed by atoms with van der Waals surface area (Å²) in [6.07, 6.45) is 4.81. The Bertz CT molecular complexity index is 585. The van der Waals surface area contributed by atoms with E-state index in [4.69, 9.17) is 4.84 Å². The second kappa shape index (κ2) is 5.24. The Balaban J connectivity index is 1.45. The summed E-state index contributed by atoms with van der Waals surface area (Å²) in [6.45, 7) is 5.11. The van der Waals surface area contributed by atoms with Gasteiger partial charge in [0.1, 0.15) is 5.00 Å². The molecule has 0 saturated carbocycles. The van der Waals surface area contributed by atoms with Gasteiger partial charge >= 0.3 is 0 Å². The lowest BCUT2D eigenvalue weighted by atomic mass is 10.3. The molecule has 0 amide bonds. The summed E-state index contributed by atoms with van der Waals surface area (Å²) >= 11 is 1.77. The minimum atomic E-state index is 0.774. The maximum Gasteiger partial charge on any atom is 0.126 e. The Morgan fingerprint density at radius 2 is 2.10 bits per heavy atom. The van der Waals surface area contributed by atoms with Gasteiger partial charge in [-0.1, -0.05) is 0 Å². The zero-order valence-corrected chi connectivity index (χ0v) is 12.3. The van der Waals surface area contributed by atoms with Gasteiger partial charge < -0.3 is 9.47 Å². The van der Waals surface area contributed by atoms with E-state index < -0.39 is 0 Å². The normalized spacial score (nSPS) is 18.3. The number of nitrogens with zero attached hydrogens (tertiary/aromatic N) is 3. The first kappa shape index (κ1) is 12.4. The molecule has 0 unspecified atom stereocenters. The first-order valence-electron chi connectivity index (χ1n) is 7.29. The standard InChI is InChI=1S/C15H19N3OS/c1-2-7-16(6-1)9-10-19-18-12-13-4-3-8-17(13)15-14(18)5-11-20-15/h3-5,8,11H,1-2,6-7,9-10,12H2. The minimum Gasteiger partial charge on any atom is -0.309 e. The quantitative estimate of drug-likeness (QED) is 0.863. The van der Waals surface area contributed by atoms with Crippen LogP contribution in [0.15, 0.2) is 29.8 Å². The van der Waals surface area contributed by atoms with Crippen molar-refractivity contribution < 1.29 is 4.84 Å². The van der Waals surface area contributed by atoms with Crippen LogP contribution in [0, 0.1) is 0 Å². The number of hydrogen-bond acceptors (Lipinski definition) is 4. The van der Waals surface area contributed by atoms with Crippen LogP contribution in [0.1, 0.15) is 18.5 Å². The van der Waals surface area contributed by atoms with Crippen LogP contribution in [0.2, 0.25) is 0 Å². The first-order valence-corrected chi connectivity index (χ1v) is 8.17. The molecule has 4 nitrogen and oxygen atoms in total. The summed E-state index contributed by atoms with van der Waals surface area (Å²) in [4.78, 5) is 8.53. The number of aromatic nitrogens is 1. The third kappa shape index (κ3) is 2.16. The molecule has 2 aromatic heterocycles. The molecule has 0 spiro atoms. The van der Waals surface area contributed by atoms with E-state index in [1.54, 1.807) is 11.3 Å². The van der Waals surface area contributed by atoms with Crippen LogP contribution in [-0.2, 0) is 11.4 Å². The third-order valence-electron chi connectivity index (χ3n) is 4.10. The molecule has 0 radical (unpaired) electrons. The van der Waals surface area contributed by atoms with Crippen molar-refractivity contribution in [2.75, 3.05) is 31.3 Å². The molecular formula is C15H19N3OS. The van der Waals surface area contributed by atoms with Crippen LogP contribution >= 0.6 is 11.3 Å². The van der Waals surface area contributed by atoms with Gasteiger partial charge in [0, 0.05) is 18.4 Å². The number of thiophene rings is 1. The van der Waals surface area contributed by atoms with Gasteiger partial charge in [-0.05, 0) is 49.5 Å². The minimum absolute atomic E-state index is 0.774. The third-order valence-corrected chi connectivity index (χ3v) is 5.01. The average molecular weight is 289 g/mol. The SMILES string of the molecule is c1cc2n(c1)-c1sccc1N(OCCN1CCCC1)C2. The molecule has 0 bridgehead atoms.